The molecule has 0 spiro atoms. The Morgan fingerprint density at radius 2 is 2.05 bits per heavy atom. The van der Waals surface area contributed by atoms with Gasteiger partial charge in [0, 0.05) is 5.69 Å². The molecular weight excluding hydrogens is 334 g/mol. The minimum Gasteiger partial charge on any atom is -0.507 e. The highest BCUT2D eigenvalue weighted by molar-refractivity contribution is 9.10. The van der Waals surface area contributed by atoms with Crippen LogP contribution in [0.1, 0.15) is 11.1 Å². The van der Waals surface area contributed by atoms with Gasteiger partial charge in [-0.05, 0) is 58.2 Å². The van der Waals surface area contributed by atoms with E-state index in [4.69, 9.17) is 0 Å². The van der Waals surface area contributed by atoms with Crippen LogP contribution in [-0.4, -0.2) is 17.4 Å². The maximum atomic E-state index is 11.7. The average Bonchev–Trinajstić information content (AvgIpc) is 2.45. The number of carbonyl (C=O) groups excluding carboxylic acids is 1. The number of phenols is 1. The van der Waals surface area contributed by atoms with Gasteiger partial charge in [-0.2, -0.15) is 5.10 Å². The van der Waals surface area contributed by atoms with Crippen molar-refractivity contribution in [3.8, 4) is 5.75 Å². The van der Waals surface area contributed by atoms with Crippen LogP contribution >= 0.6 is 15.9 Å². The Balaban J connectivity index is 1.93. The third-order valence-corrected chi connectivity index (χ3v) is 3.38. The Bertz CT molecular complexity index is 686. The molecule has 2 amide bonds. The van der Waals surface area contributed by atoms with Gasteiger partial charge in [0.2, 0.25) is 0 Å². The van der Waals surface area contributed by atoms with E-state index in [-0.39, 0.29) is 5.75 Å². The summed E-state index contributed by atoms with van der Waals surface area (Å²) >= 11 is 3.21. The molecule has 0 bridgehead atoms. The van der Waals surface area contributed by atoms with Crippen molar-refractivity contribution in [3.05, 3.63) is 58.1 Å². The lowest BCUT2D eigenvalue weighted by molar-refractivity contribution is 0.252. The molecule has 3 N–H and O–H groups in total. The predicted octanol–water partition coefficient (Wildman–Crippen LogP) is 3.62. The van der Waals surface area contributed by atoms with E-state index in [1.54, 1.807) is 18.2 Å². The summed E-state index contributed by atoms with van der Waals surface area (Å²) in [6, 6.07) is 12.0. The van der Waals surface area contributed by atoms with Crippen molar-refractivity contribution in [2.45, 2.75) is 6.92 Å². The Hall–Kier alpha value is -2.34. The van der Waals surface area contributed by atoms with Crippen LogP contribution in [0, 0.1) is 6.92 Å². The number of halogens is 1. The van der Waals surface area contributed by atoms with Crippen LogP contribution in [0.3, 0.4) is 0 Å². The Morgan fingerprint density at radius 1 is 1.29 bits per heavy atom. The molecule has 0 aliphatic heterocycles. The van der Waals surface area contributed by atoms with Gasteiger partial charge in [-0.1, -0.05) is 18.2 Å². The number of para-hydroxylation sites is 1. The number of phenolic OH excluding ortho intramolecular Hbond substituents is 1. The van der Waals surface area contributed by atoms with Gasteiger partial charge in [0.1, 0.15) is 5.75 Å². The fraction of sp³-hybridized carbons (Fsp3) is 0.0667. The van der Waals surface area contributed by atoms with Gasteiger partial charge >= 0.3 is 6.03 Å². The third kappa shape index (κ3) is 4.32. The van der Waals surface area contributed by atoms with Crippen LogP contribution in [0.5, 0.6) is 5.75 Å². The first kappa shape index (κ1) is 15.1. The number of nitrogens with zero attached hydrogens (tertiary/aromatic N) is 1. The van der Waals surface area contributed by atoms with E-state index in [1.165, 1.54) is 6.21 Å². The van der Waals surface area contributed by atoms with Gasteiger partial charge in [0.25, 0.3) is 0 Å². The summed E-state index contributed by atoms with van der Waals surface area (Å²) in [6.07, 6.45) is 1.49. The molecule has 2 aromatic carbocycles. The molecule has 0 aliphatic carbocycles. The number of nitrogens with one attached hydrogen (secondary N) is 2. The summed E-state index contributed by atoms with van der Waals surface area (Å²) in [5.41, 5.74) is 4.83. The Labute approximate surface area is 130 Å². The summed E-state index contributed by atoms with van der Waals surface area (Å²) < 4.78 is 0.566. The second kappa shape index (κ2) is 6.90. The number of hydrogen-bond donors (Lipinski definition) is 3. The van der Waals surface area contributed by atoms with Crippen LogP contribution < -0.4 is 10.7 Å². The normalized spacial score (nSPS) is 10.6. The number of hydrogen-bond acceptors (Lipinski definition) is 3. The van der Waals surface area contributed by atoms with Crippen molar-refractivity contribution < 1.29 is 9.90 Å². The molecule has 2 rings (SSSR count). The highest BCUT2D eigenvalue weighted by atomic mass is 79.9. The quantitative estimate of drug-likeness (QED) is 0.586. The zero-order valence-electron chi connectivity index (χ0n) is 11.3. The van der Waals surface area contributed by atoms with E-state index < -0.39 is 6.03 Å². The van der Waals surface area contributed by atoms with Crippen molar-refractivity contribution in [3.63, 3.8) is 0 Å². The number of urea groups is 1. The highest BCUT2D eigenvalue weighted by Crippen LogP contribution is 2.23. The predicted molar refractivity (Wildman–Crippen MR) is 86.7 cm³/mol. The largest absolute Gasteiger partial charge is 0.507 e. The zero-order valence-corrected chi connectivity index (χ0v) is 12.9. The summed E-state index contributed by atoms with van der Waals surface area (Å²) in [7, 11) is 0. The van der Waals surface area contributed by atoms with Gasteiger partial charge < -0.3 is 10.4 Å². The van der Waals surface area contributed by atoms with E-state index >= 15 is 0 Å². The topological polar surface area (TPSA) is 73.7 Å². The Morgan fingerprint density at radius 3 is 2.76 bits per heavy atom. The van der Waals surface area contributed by atoms with E-state index in [0.717, 1.165) is 16.8 Å². The number of anilines is 1. The molecule has 0 fully saturated rings. The van der Waals surface area contributed by atoms with Gasteiger partial charge in [-0.15, -0.1) is 0 Å². The number of amides is 2. The van der Waals surface area contributed by atoms with Crippen molar-refractivity contribution in [1.82, 2.24) is 5.43 Å². The SMILES string of the molecule is Cc1ccccc1NC(=O)N/N=C/c1ccc(O)c(Br)c1. The van der Waals surface area contributed by atoms with Crippen LogP contribution in [0.25, 0.3) is 0 Å². The molecule has 0 atom stereocenters. The van der Waals surface area contributed by atoms with Crippen LogP contribution in [0.4, 0.5) is 10.5 Å². The lowest BCUT2D eigenvalue weighted by Gasteiger charge is -2.06. The molecule has 0 radical (unpaired) electrons. The fourth-order valence-electron chi connectivity index (χ4n) is 1.63. The lowest BCUT2D eigenvalue weighted by atomic mass is 10.2. The third-order valence-electron chi connectivity index (χ3n) is 2.74. The van der Waals surface area contributed by atoms with Crippen LogP contribution in [0.15, 0.2) is 52.0 Å². The first-order valence-electron chi connectivity index (χ1n) is 6.20. The molecule has 2 aromatic rings. The van der Waals surface area contributed by atoms with Crippen LogP contribution in [0.2, 0.25) is 0 Å². The maximum absolute atomic E-state index is 11.7. The minimum atomic E-state index is -0.418. The molecule has 108 valence electrons. The number of hydrazone groups is 1. The molecule has 5 nitrogen and oxygen atoms in total. The molecule has 0 aliphatic rings. The van der Waals surface area contributed by atoms with Crippen molar-refractivity contribution >= 4 is 33.9 Å². The molecule has 6 heteroatoms. The van der Waals surface area contributed by atoms with Crippen molar-refractivity contribution in [2.75, 3.05) is 5.32 Å². The van der Waals surface area contributed by atoms with Gasteiger partial charge in [0.05, 0.1) is 10.7 Å². The average molecular weight is 348 g/mol. The molecule has 0 aromatic heterocycles. The molecular formula is C15H14BrN3O2. The van der Waals surface area contributed by atoms with E-state index in [2.05, 4.69) is 31.8 Å². The van der Waals surface area contributed by atoms with Gasteiger partial charge in [-0.3, -0.25) is 0 Å². The lowest BCUT2D eigenvalue weighted by Crippen LogP contribution is -2.24. The molecule has 0 saturated heterocycles. The van der Waals surface area contributed by atoms with Gasteiger partial charge in [-0.25, -0.2) is 10.2 Å². The van der Waals surface area contributed by atoms with Gasteiger partial charge in [0.15, 0.2) is 0 Å². The number of carbonyl (C=O) groups is 1. The molecule has 0 heterocycles. The Kier molecular flexibility index (Phi) is 4.94. The summed E-state index contributed by atoms with van der Waals surface area (Å²) in [6.45, 7) is 1.91. The van der Waals surface area contributed by atoms with Crippen molar-refractivity contribution in [1.29, 1.82) is 0 Å². The van der Waals surface area contributed by atoms with E-state index in [0.29, 0.717) is 4.47 Å². The first-order valence-corrected chi connectivity index (χ1v) is 7.00. The number of aryl methyl sites for hydroxylation is 1. The number of benzene rings is 2. The fourth-order valence-corrected chi connectivity index (χ4v) is 2.03. The zero-order chi connectivity index (χ0) is 15.2. The highest BCUT2D eigenvalue weighted by Gasteiger charge is 2.02. The van der Waals surface area contributed by atoms with Crippen molar-refractivity contribution in [2.24, 2.45) is 5.10 Å². The summed E-state index contributed by atoms with van der Waals surface area (Å²) in [5, 5.41) is 15.9. The standard InChI is InChI=1S/C15H14BrN3O2/c1-10-4-2-3-5-13(10)18-15(21)19-17-9-11-6-7-14(20)12(16)8-11/h2-9,20H,1H3,(H2,18,19,21)/b17-9+. The summed E-state index contributed by atoms with van der Waals surface area (Å²) in [5.74, 6) is 0.150. The van der Waals surface area contributed by atoms with Crippen LogP contribution in [-0.2, 0) is 0 Å². The van der Waals surface area contributed by atoms with E-state index in [1.807, 2.05) is 31.2 Å². The molecule has 21 heavy (non-hydrogen) atoms. The number of rotatable bonds is 3. The second-order valence-corrected chi connectivity index (χ2v) is 5.20. The molecule has 0 saturated carbocycles. The smallest absolute Gasteiger partial charge is 0.339 e. The second-order valence-electron chi connectivity index (χ2n) is 4.35. The number of aromatic hydroxyl groups is 1. The van der Waals surface area contributed by atoms with E-state index in [9.17, 15) is 9.90 Å². The maximum Gasteiger partial charge on any atom is 0.339 e. The molecule has 0 unspecified atom stereocenters. The monoisotopic (exact) mass is 347 g/mol. The summed E-state index contributed by atoms with van der Waals surface area (Å²) in [4.78, 5) is 11.7. The minimum absolute atomic E-state index is 0.150. The first-order chi connectivity index (χ1) is 10.1.